The lowest BCUT2D eigenvalue weighted by molar-refractivity contribution is 0.0471. The van der Waals surface area contributed by atoms with E-state index in [0.717, 1.165) is 37.3 Å². The van der Waals surface area contributed by atoms with Gasteiger partial charge < -0.3 is 9.64 Å². The molecule has 0 aromatic carbocycles. The van der Waals surface area contributed by atoms with Crippen molar-refractivity contribution in [1.29, 1.82) is 0 Å². The molecule has 0 N–H and O–H groups in total. The van der Waals surface area contributed by atoms with Gasteiger partial charge in [-0.25, -0.2) is 9.50 Å². The first-order valence-electron chi connectivity index (χ1n) is 6.59. The largest absolute Gasteiger partial charge is 0.377 e. The van der Waals surface area contributed by atoms with Crippen LogP contribution in [0.1, 0.15) is 12.8 Å². The lowest BCUT2D eigenvalue weighted by Gasteiger charge is -2.32. The van der Waals surface area contributed by atoms with Crippen molar-refractivity contribution in [3.63, 3.8) is 0 Å². The van der Waals surface area contributed by atoms with Gasteiger partial charge >= 0.3 is 0 Å². The first-order valence-corrected chi connectivity index (χ1v) is 7.13. The summed E-state index contributed by atoms with van der Waals surface area (Å²) in [5.41, 5.74) is 1.06. The summed E-state index contributed by atoms with van der Waals surface area (Å²) >= 11 is 5.64. The molecule has 6 heteroatoms. The summed E-state index contributed by atoms with van der Waals surface area (Å²) in [6.07, 6.45) is 7.85. The molecule has 0 saturated carbocycles. The lowest BCUT2D eigenvalue weighted by Crippen LogP contribution is -2.38. The number of hydrogen-bond acceptors (Lipinski definition) is 4. The zero-order valence-corrected chi connectivity index (χ0v) is 11.5. The number of aromatic nitrogens is 3. The van der Waals surface area contributed by atoms with E-state index in [0.29, 0.717) is 18.6 Å². The molecule has 0 spiro atoms. The predicted molar refractivity (Wildman–Crippen MR) is 74.9 cm³/mol. The molecule has 3 heterocycles. The van der Waals surface area contributed by atoms with Crippen molar-refractivity contribution < 1.29 is 4.74 Å². The molecule has 2 aromatic rings. The predicted octanol–water partition coefficient (Wildman–Crippen LogP) is 1.95. The molecule has 0 amide bonds. The molecule has 0 aliphatic carbocycles. The average Bonchev–Trinajstić information content (AvgIpc) is 2.94. The minimum atomic E-state index is 0.333. The van der Waals surface area contributed by atoms with E-state index in [4.69, 9.17) is 16.3 Å². The third-order valence-corrected chi connectivity index (χ3v) is 3.63. The number of fused-ring (bicyclic) bond motifs is 1. The van der Waals surface area contributed by atoms with Crippen molar-refractivity contribution in [2.75, 3.05) is 30.5 Å². The second kappa shape index (κ2) is 5.75. The molecule has 1 fully saturated rings. The smallest absolute Gasteiger partial charge is 0.154 e. The molecule has 0 atom stereocenters. The topological polar surface area (TPSA) is 42.7 Å². The Morgan fingerprint density at radius 2 is 2.16 bits per heavy atom. The van der Waals surface area contributed by atoms with Gasteiger partial charge in [0.25, 0.3) is 0 Å². The maximum absolute atomic E-state index is 5.69. The van der Waals surface area contributed by atoms with Gasteiger partial charge in [0.2, 0.25) is 0 Å². The molecule has 3 rings (SSSR count). The first-order chi connectivity index (χ1) is 9.38. The van der Waals surface area contributed by atoms with Crippen molar-refractivity contribution in [1.82, 2.24) is 14.6 Å². The monoisotopic (exact) mass is 280 g/mol. The Labute approximate surface area is 117 Å². The summed E-state index contributed by atoms with van der Waals surface area (Å²) in [4.78, 5) is 6.80. The Morgan fingerprint density at radius 3 is 2.95 bits per heavy atom. The minimum Gasteiger partial charge on any atom is -0.377 e. The molecular weight excluding hydrogens is 264 g/mol. The highest BCUT2D eigenvalue weighted by atomic mass is 35.5. The molecular formula is C13H17ClN4O. The third kappa shape index (κ3) is 2.67. The number of ether oxygens (including phenoxy) is 1. The standard InChI is InChI=1S/C13H17ClN4O/c14-4-10-19-11-2-7-17(8-3-11)13-12-1-5-16-18(12)9-6-15-13/h1,5-6,9,11H,2-4,7-8,10H2. The SMILES string of the molecule is ClCCOC1CCN(c2nccn3nccc23)CC1. The van der Waals surface area contributed by atoms with Crippen molar-refractivity contribution >= 4 is 22.9 Å². The van der Waals surface area contributed by atoms with E-state index in [1.54, 1.807) is 12.4 Å². The van der Waals surface area contributed by atoms with Gasteiger partial charge in [0.05, 0.1) is 18.9 Å². The number of piperidine rings is 1. The summed E-state index contributed by atoms with van der Waals surface area (Å²) in [5, 5.41) is 4.24. The van der Waals surface area contributed by atoms with Gasteiger partial charge in [0.15, 0.2) is 5.82 Å². The van der Waals surface area contributed by atoms with E-state index in [-0.39, 0.29) is 0 Å². The van der Waals surface area contributed by atoms with Crippen LogP contribution in [-0.4, -0.2) is 46.3 Å². The van der Waals surface area contributed by atoms with Crippen LogP contribution in [0.4, 0.5) is 5.82 Å². The van der Waals surface area contributed by atoms with Crippen LogP contribution in [0, 0.1) is 0 Å². The van der Waals surface area contributed by atoms with E-state index < -0.39 is 0 Å². The van der Waals surface area contributed by atoms with Gasteiger partial charge in [-0.3, -0.25) is 0 Å². The van der Waals surface area contributed by atoms with E-state index in [1.165, 1.54) is 0 Å². The van der Waals surface area contributed by atoms with E-state index in [2.05, 4.69) is 15.0 Å². The van der Waals surface area contributed by atoms with Crippen LogP contribution in [0.25, 0.3) is 5.52 Å². The highest BCUT2D eigenvalue weighted by Crippen LogP contribution is 2.23. The number of nitrogens with zero attached hydrogens (tertiary/aromatic N) is 4. The second-order valence-electron chi connectivity index (χ2n) is 4.66. The zero-order valence-electron chi connectivity index (χ0n) is 10.7. The maximum Gasteiger partial charge on any atom is 0.154 e. The maximum atomic E-state index is 5.69. The summed E-state index contributed by atoms with van der Waals surface area (Å²) < 4.78 is 7.55. The Bertz CT molecular complexity index is 536. The highest BCUT2D eigenvalue weighted by molar-refractivity contribution is 6.17. The van der Waals surface area contributed by atoms with Gasteiger partial charge in [-0.1, -0.05) is 0 Å². The zero-order chi connectivity index (χ0) is 13.1. The second-order valence-corrected chi connectivity index (χ2v) is 5.04. The molecule has 1 saturated heterocycles. The third-order valence-electron chi connectivity index (χ3n) is 3.48. The molecule has 0 radical (unpaired) electrons. The Hall–Kier alpha value is -1.33. The highest BCUT2D eigenvalue weighted by Gasteiger charge is 2.21. The van der Waals surface area contributed by atoms with Crippen molar-refractivity contribution in [3.8, 4) is 0 Å². The number of rotatable bonds is 4. The number of anilines is 1. The first kappa shape index (κ1) is 12.7. The van der Waals surface area contributed by atoms with Crippen molar-refractivity contribution in [2.24, 2.45) is 0 Å². The van der Waals surface area contributed by atoms with Crippen LogP contribution in [0.5, 0.6) is 0 Å². The molecule has 0 unspecified atom stereocenters. The van der Waals surface area contributed by atoms with Crippen molar-refractivity contribution in [3.05, 3.63) is 24.7 Å². The Kier molecular flexibility index (Phi) is 3.84. The number of halogens is 1. The fourth-order valence-corrected chi connectivity index (χ4v) is 2.62. The molecule has 0 bridgehead atoms. The summed E-state index contributed by atoms with van der Waals surface area (Å²) in [6.45, 7) is 2.57. The Balaban J connectivity index is 1.69. The van der Waals surface area contributed by atoms with Crippen LogP contribution in [0.3, 0.4) is 0 Å². The van der Waals surface area contributed by atoms with Gasteiger partial charge in [-0.05, 0) is 18.9 Å². The molecule has 102 valence electrons. The molecule has 5 nitrogen and oxygen atoms in total. The molecule has 19 heavy (non-hydrogen) atoms. The lowest BCUT2D eigenvalue weighted by atomic mass is 10.1. The van der Waals surface area contributed by atoms with Gasteiger partial charge in [-0.15, -0.1) is 11.6 Å². The summed E-state index contributed by atoms with van der Waals surface area (Å²) in [7, 11) is 0. The van der Waals surface area contributed by atoms with Gasteiger partial charge in [0.1, 0.15) is 5.52 Å². The van der Waals surface area contributed by atoms with Crippen LogP contribution in [-0.2, 0) is 4.74 Å². The van der Waals surface area contributed by atoms with Crippen LogP contribution in [0.15, 0.2) is 24.7 Å². The van der Waals surface area contributed by atoms with Crippen LogP contribution < -0.4 is 4.90 Å². The van der Waals surface area contributed by atoms with E-state index >= 15 is 0 Å². The quantitative estimate of drug-likeness (QED) is 0.803. The molecule has 2 aromatic heterocycles. The van der Waals surface area contributed by atoms with Crippen LogP contribution >= 0.6 is 11.6 Å². The van der Waals surface area contributed by atoms with Gasteiger partial charge in [-0.2, -0.15) is 5.10 Å². The average molecular weight is 281 g/mol. The molecule has 1 aliphatic rings. The fraction of sp³-hybridized carbons (Fsp3) is 0.538. The fourth-order valence-electron chi connectivity index (χ4n) is 2.53. The number of alkyl halides is 1. The minimum absolute atomic E-state index is 0.333. The van der Waals surface area contributed by atoms with E-state index in [1.807, 2.05) is 16.8 Å². The van der Waals surface area contributed by atoms with Crippen LogP contribution in [0.2, 0.25) is 0 Å². The van der Waals surface area contributed by atoms with Crippen molar-refractivity contribution in [2.45, 2.75) is 18.9 Å². The Morgan fingerprint density at radius 1 is 1.32 bits per heavy atom. The summed E-state index contributed by atoms with van der Waals surface area (Å²) in [5.74, 6) is 1.58. The molecule has 1 aliphatic heterocycles. The van der Waals surface area contributed by atoms with E-state index in [9.17, 15) is 0 Å². The number of hydrogen-bond donors (Lipinski definition) is 0. The van der Waals surface area contributed by atoms with Gasteiger partial charge in [0, 0.05) is 31.4 Å². The summed E-state index contributed by atoms with van der Waals surface area (Å²) in [6, 6.07) is 2.00. The normalized spacial score (nSPS) is 17.2.